The first-order valence-electron chi connectivity index (χ1n) is 15.5. The predicted octanol–water partition coefficient (Wildman–Crippen LogP) is 6.85. The van der Waals surface area contributed by atoms with E-state index in [0.717, 1.165) is 11.3 Å². The number of phenolic OH excluding ortho intramolecular Hbond substituents is 1. The van der Waals surface area contributed by atoms with Crippen LogP contribution >= 0.6 is 15.9 Å². The summed E-state index contributed by atoms with van der Waals surface area (Å²) in [5.41, 5.74) is 4.77. The van der Waals surface area contributed by atoms with Gasteiger partial charge >= 0.3 is 0 Å². The number of halogens is 1. The SMILES string of the molecule is COc1cc(O)ccc1[C@H]1C2=CC[C@@H]3C(=O)N(c4ccc(N=Nc5ccc(N(C)C)cc5)cc4)C(=O)[C@@H]3[C@@H]2CC2=C1C(=O)C=C(Br)C2=O. The number of carbonyl (C=O) groups excluding carboxylic acids is 4. The van der Waals surface area contributed by atoms with Crippen molar-refractivity contribution in [2.45, 2.75) is 18.8 Å². The van der Waals surface area contributed by atoms with Crippen molar-refractivity contribution in [3.63, 3.8) is 0 Å². The summed E-state index contributed by atoms with van der Waals surface area (Å²) in [7, 11) is 5.39. The first-order valence-corrected chi connectivity index (χ1v) is 16.3. The third-order valence-corrected chi connectivity index (χ3v) is 10.2. The van der Waals surface area contributed by atoms with E-state index in [1.54, 1.807) is 30.3 Å². The molecule has 10 nitrogen and oxygen atoms in total. The number of Topliss-reactive ketones (excluding diaryl/α,β-unsaturated/α-hetero) is 1. The topological polar surface area (TPSA) is 129 Å². The van der Waals surface area contributed by atoms with Gasteiger partial charge in [0.2, 0.25) is 11.8 Å². The Balaban J connectivity index is 1.21. The smallest absolute Gasteiger partial charge is 0.238 e. The van der Waals surface area contributed by atoms with Crippen LogP contribution in [0.2, 0.25) is 0 Å². The number of nitrogens with zero attached hydrogens (tertiary/aromatic N) is 4. The van der Waals surface area contributed by atoms with Crippen LogP contribution in [0.5, 0.6) is 11.5 Å². The van der Waals surface area contributed by atoms with Gasteiger partial charge in [-0.2, -0.15) is 10.2 Å². The molecule has 1 aliphatic heterocycles. The Morgan fingerprint density at radius 2 is 1.56 bits per heavy atom. The lowest BCUT2D eigenvalue weighted by Crippen LogP contribution is -2.39. The van der Waals surface area contributed by atoms with Crippen molar-refractivity contribution >= 4 is 62.1 Å². The summed E-state index contributed by atoms with van der Waals surface area (Å²) in [6.07, 6.45) is 3.68. The van der Waals surface area contributed by atoms with E-state index < -0.39 is 23.7 Å². The number of aromatic hydroxyl groups is 1. The van der Waals surface area contributed by atoms with Gasteiger partial charge in [-0.3, -0.25) is 24.1 Å². The molecule has 0 aromatic heterocycles. The van der Waals surface area contributed by atoms with Crippen LogP contribution in [0.1, 0.15) is 24.3 Å². The predicted molar refractivity (Wildman–Crippen MR) is 183 cm³/mol. The Kier molecular flexibility index (Phi) is 7.95. The molecule has 0 unspecified atom stereocenters. The molecule has 0 radical (unpaired) electrons. The highest BCUT2D eigenvalue weighted by Crippen LogP contribution is 2.56. The third-order valence-electron chi connectivity index (χ3n) is 9.61. The van der Waals surface area contributed by atoms with Crippen molar-refractivity contribution in [1.82, 2.24) is 0 Å². The van der Waals surface area contributed by atoms with Crippen molar-refractivity contribution in [1.29, 1.82) is 0 Å². The van der Waals surface area contributed by atoms with Crippen LogP contribution in [0.25, 0.3) is 0 Å². The minimum atomic E-state index is -0.728. The number of amides is 2. The first kappa shape index (κ1) is 31.4. The molecule has 4 aliphatic rings. The van der Waals surface area contributed by atoms with Crippen LogP contribution in [0, 0.1) is 17.8 Å². The molecule has 7 rings (SSSR count). The largest absolute Gasteiger partial charge is 0.508 e. The van der Waals surface area contributed by atoms with Crippen molar-refractivity contribution < 1.29 is 29.0 Å². The molecule has 1 saturated heterocycles. The molecule has 3 aromatic carbocycles. The molecule has 0 bridgehead atoms. The van der Waals surface area contributed by atoms with Crippen molar-refractivity contribution in [2.24, 2.45) is 28.0 Å². The molecule has 3 aliphatic carbocycles. The van der Waals surface area contributed by atoms with Crippen LogP contribution in [0.15, 0.2) is 110 Å². The Morgan fingerprint density at radius 3 is 2.21 bits per heavy atom. The number of anilines is 2. The number of rotatable bonds is 6. The van der Waals surface area contributed by atoms with E-state index in [0.29, 0.717) is 45.9 Å². The highest BCUT2D eigenvalue weighted by atomic mass is 79.9. The zero-order chi connectivity index (χ0) is 33.9. The van der Waals surface area contributed by atoms with Gasteiger partial charge < -0.3 is 14.7 Å². The zero-order valence-electron chi connectivity index (χ0n) is 26.4. The van der Waals surface area contributed by atoms with E-state index in [9.17, 15) is 24.3 Å². The minimum absolute atomic E-state index is 0.0121. The standard InChI is InChI=1S/C37H31BrN4O6/c1-41(2)21-8-4-19(5-9-21)39-40-20-6-10-22(11-7-20)42-36(46)26-15-14-24-27(33(26)37(42)47)17-28-34(30(44)18-29(38)35(28)45)32(24)25-13-12-23(43)16-31(25)48-3/h4-14,16,18,26-27,32-33,43H,15,17H2,1-3H3/t26-,27+,32+,33-/m0/s1. The van der Waals surface area contributed by atoms with Crippen LogP contribution in [0.3, 0.4) is 0 Å². The van der Waals surface area contributed by atoms with Crippen LogP contribution < -0.4 is 14.5 Å². The van der Waals surface area contributed by atoms with E-state index in [1.165, 1.54) is 30.2 Å². The normalized spacial score (nSPS) is 23.5. The molecule has 48 heavy (non-hydrogen) atoms. The summed E-state index contributed by atoms with van der Waals surface area (Å²) >= 11 is 3.25. The second-order valence-electron chi connectivity index (χ2n) is 12.5. The number of allylic oxidation sites excluding steroid dienone is 6. The summed E-state index contributed by atoms with van der Waals surface area (Å²) in [4.78, 5) is 58.4. The van der Waals surface area contributed by atoms with Gasteiger partial charge in [-0.15, -0.1) is 0 Å². The fourth-order valence-electron chi connectivity index (χ4n) is 7.36. The fourth-order valence-corrected chi connectivity index (χ4v) is 7.80. The molecule has 4 atom stereocenters. The zero-order valence-corrected chi connectivity index (χ0v) is 28.0. The number of methoxy groups -OCH3 is 1. The first-order chi connectivity index (χ1) is 23.1. The quantitative estimate of drug-likeness (QED) is 0.129. The number of imide groups is 1. The van der Waals surface area contributed by atoms with Crippen LogP contribution in [-0.2, 0) is 19.2 Å². The number of benzene rings is 3. The molecule has 2 amide bonds. The number of ketones is 2. The van der Waals surface area contributed by atoms with Gasteiger partial charge in [-0.1, -0.05) is 17.7 Å². The van der Waals surface area contributed by atoms with Crippen LogP contribution in [-0.4, -0.2) is 49.7 Å². The molecule has 242 valence electrons. The second kappa shape index (κ2) is 12.1. The molecule has 1 fully saturated rings. The van der Waals surface area contributed by atoms with E-state index in [-0.39, 0.29) is 40.0 Å². The maximum Gasteiger partial charge on any atom is 0.238 e. The second-order valence-corrected chi connectivity index (χ2v) is 13.3. The van der Waals surface area contributed by atoms with Gasteiger partial charge in [0.05, 0.1) is 40.5 Å². The van der Waals surface area contributed by atoms with Crippen molar-refractivity contribution in [2.75, 3.05) is 31.0 Å². The molecule has 11 heteroatoms. The Labute approximate surface area is 285 Å². The summed E-state index contributed by atoms with van der Waals surface area (Å²) in [6, 6.07) is 19.1. The number of fused-ring (bicyclic) bond motifs is 3. The van der Waals surface area contributed by atoms with Crippen molar-refractivity contribution in [3.8, 4) is 11.5 Å². The number of ether oxygens (including phenoxy) is 1. The molecule has 0 spiro atoms. The summed E-state index contributed by atoms with van der Waals surface area (Å²) in [5.74, 6) is -3.48. The lowest BCUT2D eigenvalue weighted by atomic mass is 9.59. The van der Waals surface area contributed by atoms with Gasteiger partial charge in [-0.05, 0) is 89.3 Å². The van der Waals surface area contributed by atoms with E-state index >= 15 is 0 Å². The summed E-state index contributed by atoms with van der Waals surface area (Å²) in [5, 5.41) is 18.8. The van der Waals surface area contributed by atoms with Crippen LogP contribution in [0.4, 0.5) is 22.7 Å². The molecule has 0 saturated carbocycles. The minimum Gasteiger partial charge on any atom is -0.508 e. The average molecular weight is 708 g/mol. The number of phenols is 1. The fraction of sp³-hybridized carbons (Fsp3) is 0.243. The Bertz CT molecular complexity index is 2010. The molecule has 3 aromatic rings. The number of azo groups is 1. The molecule has 1 heterocycles. The monoisotopic (exact) mass is 706 g/mol. The number of carbonyl (C=O) groups is 4. The molecule has 1 N–H and O–H groups in total. The van der Waals surface area contributed by atoms with E-state index in [1.807, 2.05) is 49.3 Å². The van der Waals surface area contributed by atoms with Crippen molar-refractivity contribution in [3.05, 3.63) is 106 Å². The maximum atomic E-state index is 14.2. The molecular weight excluding hydrogens is 676 g/mol. The number of hydrogen-bond donors (Lipinski definition) is 1. The van der Waals surface area contributed by atoms with Gasteiger partial charge in [0.15, 0.2) is 11.6 Å². The Morgan fingerprint density at radius 1 is 0.896 bits per heavy atom. The highest BCUT2D eigenvalue weighted by molar-refractivity contribution is 9.12. The van der Waals surface area contributed by atoms with E-state index in [2.05, 4.69) is 26.2 Å². The van der Waals surface area contributed by atoms with Gasteiger partial charge in [-0.25, -0.2) is 0 Å². The third kappa shape index (κ3) is 5.18. The van der Waals surface area contributed by atoms with E-state index in [4.69, 9.17) is 4.74 Å². The average Bonchev–Trinajstić information content (AvgIpc) is 3.34. The van der Waals surface area contributed by atoms with Gasteiger partial charge in [0.1, 0.15) is 11.5 Å². The molecular formula is C37H31BrN4O6. The maximum absolute atomic E-state index is 14.2. The highest BCUT2D eigenvalue weighted by Gasteiger charge is 2.57. The summed E-state index contributed by atoms with van der Waals surface area (Å²) < 4.78 is 5.76. The summed E-state index contributed by atoms with van der Waals surface area (Å²) in [6.45, 7) is 0. The Hall–Kier alpha value is -5.16. The van der Waals surface area contributed by atoms with Gasteiger partial charge in [0.25, 0.3) is 0 Å². The van der Waals surface area contributed by atoms with Gasteiger partial charge in [0, 0.05) is 54.6 Å². The lowest BCUT2D eigenvalue weighted by molar-refractivity contribution is -0.123. The lowest BCUT2D eigenvalue weighted by Gasteiger charge is -2.42. The number of hydrogen-bond acceptors (Lipinski definition) is 9.